The molecule has 0 N–H and O–H groups in total. The highest BCUT2D eigenvalue weighted by atomic mass is 32.2. The molecule has 0 unspecified atom stereocenters. The molecular formula is C17H26FN3O2S. The van der Waals surface area contributed by atoms with Crippen molar-refractivity contribution in [2.75, 3.05) is 38.1 Å². The summed E-state index contributed by atoms with van der Waals surface area (Å²) in [6, 6.07) is 6.50. The molecule has 0 atom stereocenters. The molecule has 1 aliphatic heterocycles. The van der Waals surface area contributed by atoms with E-state index in [9.17, 15) is 12.8 Å². The number of hydrogen-bond donors (Lipinski definition) is 0. The molecule has 1 heterocycles. The van der Waals surface area contributed by atoms with Crippen LogP contribution in [-0.2, 0) is 10.2 Å². The molecule has 2 aliphatic rings. The normalized spacial score (nSPS) is 21.4. The summed E-state index contributed by atoms with van der Waals surface area (Å²) in [5.74, 6) is -0.255. The van der Waals surface area contributed by atoms with Crippen molar-refractivity contribution in [2.24, 2.45) is 0 Å². The number of halogens is 1. The Hall–Kier alpha value is -1.18. The molecule has 0 aromatic heterocycles. The van der Waals surface area contributed by atoms with Gasteiger partial charge in [0.1, 0.15) is 5.82 Å². The number of hydrogen-bond acceptors (Lipinski definition) is 3. The Morgan fingerprint density at radius 2 is 1.58 bits per heavy atom. The second-order valence-corrected chi connectivity index (χ2v) is 8.67. The standard InChI is InChI=1S/C17H26FN3O2S/c1-19(16-5-3-2-4-6-16)24(22,23)21-13-11-20(12-14-21)17-9-7-15(18)8-10-17/h7-10,16H,2-6,11-14H2,1H3. The Balaban J connectivity index is 1.61. The van der Waals surface area contributed by atoms with Gasteiger partial charge in [0.15, 0.2) is 0 Å². The van der Waals surface area contributed by atoms with E-state index < -0.39 is 10.2 Å². The van der Waals surface area contributed by atoms with Gasteiger partial charge in [-0.3, -0.25) is 0 Å². The minimum absolute atomic E-state index is 0.138. The van der Waals surface area contributed by atoms with Gasteiger partial charge in [0.05, 0.1) is 0 Å². The third-order valence-electron chi connectivity index (χ3n) is 5.21. The van der Waals surface area contributed by atoms with Crippen molar-refractivity contribution < 1.29 is 12.8 Å². The minimum atomic E-state index is -3.39. The molecule has 0 spiro atoms. The van der Waals surface area contributed by atoms with E-state index in [0.717, 1.165) is 31.4 Å². The van der Waals surface area contributed by atoms with Crippen LogP contribution in [0.2, 0.25) is 0 Å². The van der Waals surface area contributed by atoms with E-state index in [-0.39, 0.29) is 11.9 Å². The maximum atomic E-state index is 13.0. The summed E-state index contributed by atoms with van der Waals surface area (Å²) in [6.07, 6.45) is 5.36. The Labute approximate surface area is 144 Å². The second kappa shape index (κ2) is 7.37. The Kier molecular flexibility index (Phi) is 5.42. The van der Waals surface area contributed by atoms with Gasteiger partial charge in [0.25, 0.3) is 10.2 Å². The van der Waals surface area contributed by atoms with Gasteiger partial charge >= 0.3 is 0 Å². The van der Waals surface area contributed by atoms with Crippen LogP contribution < -0.4 is 4.90 Å². The maximum absolute atomic E-state index is 13.0. The van der Waals surface area contributed by atoms with Crippen LogP contribution in [0.3, 0.4) is 0 Å². The predicted molar refractivity (Wildman–Crippen MR) is 93.7 cm³/mol. The fourth-order valence-electron chi connectivity index (χ4n) is 3.64. The van der Waals surface area contributed by atoms with E-state index in [1.807, 2.05) is 0 Å². The monoisotopic (exact) mass is 355 g/mol. The summed E-state index contributed by atoms with van der Waals surface area (Å²) in [5.41, 5.74) is 0.939. The minimum Gasteiger partial charge on any atom is -0.369 e. The number of anilines is 1. The molecule has 1 saturated carbocycles. The van der Waals surface area contributed by atoms with Gasteiger partial charge in [-0.05, 0) is 37.1 Å². The zero-order chi connectivity index (χ0) is 17.2. The van der Waals surface area contributed by atoms with Crippen LogP contribution in [0.25, 0.3) is 0 Å². The van der Waals surface area contributed by atoms with Gasteiger partial charge in [-0.2, -0.15) is 17.0 Å². The molecule has 1 aromatic carbocycles. The van der Waals surface area contributed by atoms with Crippen molar-refractivity contribution in [2.45, 2.75) is 38.1 Å². The largest absolute Gasteiger partial charge is 0.369 e. The average Bonchev–Trinajstić information content (AvgIpc) is 2.62. The summed E-state index contributed by atoms with van der Waals surface area (Å²) in [7, 11) is -1.67. The highest BCUT2D eigenvalue weighted by molar-refractivity contribution is 7.86. The van der Waals surface area contributed by atoms with E-state index >= 15 is 0 Å². The fraction of sp³-hybridized carbons (Fsp3) is 0.647. The van der Waals surface area contributed by atoms with Crippen LogP contribution in [0.15, 0.2) is 24.3 Å². The summed E-state index contributed by atoms with van der Waals surface area (Å²) in [6.45, 7) is 2.19. The van der Waals surface area contributed by atoms with Crippen molar-refractivity contribution in [3.63, 3.8) is 0 Å². The van der Waals surface area contributed by atoms with E-state index in [1.54, 1.807) is 27.8 Å². The first-order valence-corrected chi connectivity index (χ1v) is 10.1. The average molecular weight is 355 g/mol. The fourth-order valence-corrected chi connectivity index (χ4v) is 5.22. The lowest BCUT2D eigenvalue weighted by Gasteiger charge is -2.39. The van der Waals surface area contributed by atoms with Crippen LogP contribution >= 0.6 is 0 Å². The molecule has 0 radical (unpaired) electrons. The van der Waals surface area contributed by atoms with Crippen molar-refractivity contribution in [3.05, 3.63) is 30.1 Å². The number of rotatable bonds is 4. The first-order valence-electron chi connectivity index (χ1n) is 8.72. The predicted octanol–water partition coefficient (Wildman–Crippen LogP) is 2.46. The molecule has 7 heteroatoms. The zero-order valence-electron chi connectivity index (χ0n) is 14.2. The van der Waals surface area contributed by atoms with Crippen molar-refractivity contribution >= 4 is 15.9 Å². The molecule has 0 bridgehead atoms. The summed E-state index contributed by atoms with van der Waals surface area (Å²) < 4.78 is 41.9. The maximum Gasteiger partial charge on any atom is 0.282 e. The smallest absolute Gasteiger partial charge is 0.282 e. The molecular weight excluding hydrogens is 329 g/mol. The van der Waals surface area contributed by atoms with Crippen LogP contribution in [0.4, 0.5) is 10.1 Å². The first kappa shape index (κ1) is 17.6. The molecule has 2 fully saturated rings. The summed E-state index contributed by atoms with van der Waals surface area (Å²) >= 11 is 0. The van der Waals surface area contributed by atoms with Gasteiger partial charge in [0, 0.05) is 45.0 Å². The quantitative estimate of drug-likeness (QED) is 0.833. The van der Waals surface area contributed by atoms with Crippen LogP contribution in [0, 0.1) is 5.82 Å². The Bertz CT molecular complexity index is 636. The SMILES string of the molecule is CN(C1CCCCC1)S(=O)(=O)N1CCN(c2ccc(F)cc2)CC1. The molecule has 1 aliphatic carbocycles. The molecule has 1 saturated heterocycles. The van der Waals surface area contributed by atoms with Crippen molar-refractivity contribution in [1.82, 2.24) is 8.61 Å². The van der Waals surface area contributed by atoms with Gasteiger partial charge in [0.2, 0.25) is 0 Å². The van der Waals surface area contributed by atoms with Crippen LogP contribution in [0.5, 0.6) is 0 Å². The summed E-state index contributed by atoms with van der Waals surface area (Å²) in [5, 5.41) is 0. The molecule has 24 heavy (non-hydrogen) atoms. The highest BCUT2D eigenvalue weighted by Crippen LogP contribution is 2.26. The first-order chi connectivity index (χ1) is 11.5. The van der Waals surface area contributed by atoms with Gasteiger partial charge in [-0.15, -0.1) is 0 Å². The zero-order valence-corrected chi connectivity index (χ0v) is 15.0. The van der Waals surface area contributed by atoms with Crippen LogP contribution in [0.1, 0.15) is 32.1 Å². The molecule has 1 aromatic rings. The number of benzene rings is 1. The lowest BCUT2D eigenvalue weighted by molar-refractivity contribution is 0.259. The third-order valence-corrected chi connectivity index (χ3v) is 7.25. The topological polar surface area (TPSA) is 43.9 Å². The van der Waals surface area contributed by atoms with Crippen molar-refractivity contribution in [3.8, 4) is 0 Å². The van der Waals surface area contributed by atoms with E-state index in [4.69, 9.17) is 0 Å². The molecule has 3 rings (SSSR count). The lowest BCUT2D eigenvalue weighted by atomic mass is 9.96. The Morgan fingerprint density at radius 3 is 2.17 bits per heavy atom. The number of piperazine rings is 1. The second-order valence-electron chi connectivity index (χ2n) is 6.68. The number of nitrogens with zero attached hydrogens (tertiary/aromatic N) is 3. The highest BCUT2D eigenvalue weighted by Gasteiger charge is 2.34. The molecule has 0 amide bonds. The molecule has 5 nitrogen and oxygen atoms in total. The van der Waals surface area contributed by atoms with Crippen LogP contribution in [-0.4, -0.2) is 56.3 Å². The third kappa shape index (κ3) is 3.73. The van der Waals surface area contributed by atoms with E-state index in [1.165, 1.54) is 18.6 Å². The van der Waals surface area contributed by atoms with Gasteiger partial charge in [-0.25, -0.2) is 4.39 Å². The van der Waals surface area contributed by atoms with E-state index in [2.05, 4.69) is 4.90 Å². The van der Waals surface area contributed by atoms with Crippen molar-refractivity contribution in [1.29, 1.82) is 0 Å². The van der Waals surface area contributed by atoms with Gasteiger partial charge < -0.3 is 4.90 Å². The Morgan fingerprint density at radius 1 is 1.00 bits per heavy atom. The molecule has 134 valence electrons. The van der Waals surface area contributed by atoms with E-state index in [0.29, 0.717) is 26.2 Å². The lowest BCUT2D eigenvalue weighted by Crippen LogP contribution is -2.54. The van der Waals surface area contributed by atoms with Gasteiger partial charge in [-0.1, -0.05) is 19.3 Å². The summed E-state index contributed by atoms with van der Waals surface area (Å²) in [4.78, 5) is 2.10.